The van der Waals surface area contributed by atoms with E-state index in [4.69, 9.17) is 10.5 Å². The van der Waals surface area contributed by atoms with Crippen LogP contribution >= 0.6 is 0 Å². The highest BCUT2D eigenvalue weighted by molar-refractivity contribution is 5.11. The molecule has 1 aliphatic rings. The Hall–Kier alpha value is -0.540. The third-order valence-electron chi connectivity index (χ3n) is 1.87. The van der Waals surface area contributed by atoms with Crippen molar-refractivity contribution in [2.45, 2.75) is 25.4 Å². The van der Waals surface area contributed by atoms with Gasteiger partial charge in [-0.1, -0.05) is 0 Å². The lowest BCUT2D eigenvalue weighted by molar-refractivity contribution is 0.0298. The summed E-state index contributed by atoms with van der Waals surface area (Å²) in [5.41, 5.74) is 4.48. The fourth-order valence-electron chi connectivity index (χ4n) is 1.20. The first-order valence-corrected chi connectivity index (χ1v) is 3.93. The molecule has 1 heterocycles. The number of nitrogens with two attached hydrogens (primary N) is 1. The van der Waals surface area contributed by atoms with Crippen LogP contribution in [0.4, 0.5) is 0 Å². The van der Waals surface area contributed by atoms with E-state index in [1.807, 2.05) is 6.08 Å². The Labute approximate surface area is 66.8 Å². The summed E-state index contributed by atoms with van der Waals surface area (Å²) in [6, 6.07) is 0. The predicted octanol–water partition coefficient (Wildman–Crippen LogP) is 0.390. The van der Waals surface area contributed by atoms with Gasteiger partial charge >= 0.3 is 0 Å². The van der Waals surface area contributed by atoms with Gasteiger partial charge in [0.15, 0.2) is 0 Å². The number of ether oxygens (including phenoxy) is 1. The molecule has 3 heteroatoms. The molecule has 11 heavy (non-hydrogen) atoms. The molecule has 1 unspecified atom stereocenters. The molecule has 0 aromatic carbocycles. The summed E-state index contributed by atoms with van der Waals surface area (Å²) in [5.74, 6) is 0.683. The standard InChI is InChI=1S/C8H15NO2/c1-8(10,4-5-9)7-3-2-6-11-7/h3,10H,2,4-6,9H2,1H3. The summed E-state index contributed by atoms with van der Waals surface area (Å²) in [6.45, 7) is 2.90. The van der Waals surface area contributed by atoms with Crippen molar-refractivity contribution in [2.24, 2.45) is 5.73 Å². The summed E-state index contributed by atoms with van der Waals surface area (Å²) in [4.78, 5) is 0. The number of aliphatic hydroxyl groups is 1. The Kier molecular flexibility index (Phi) is 2.52. The second kappa shape index (κ2) is 3.24. The third-order valence-corrected chi connectivity index (χ3v) is 1.87. The lowest BCUT2D eigenvalue weighted by Crippen LogP contribution is -2.30. The molecule has 0 saturated heterocycles. The van der Waals surface area contributed by atoms with Gasteiger partial charge in [0.05, 0.1) is 6.61 Å². The minimum absolute atomic E-state index is 0.480. The van der Waals surface area contributed by atoms with Crippen molar-refractivity contribution in [3.05, 3.63) is 11.8 Å². The maximum Gasteiger partial charge on any atom is 0.123 e. The molecule has 0 aliphatic carbocycles. The van der Waals surface area contributed by atoms with E-state index in [0.717, 1.165) is 6.42 Å². The first kappa shape index (κ1) is 8.56. The molecule has 0 aromatic heterocycles. The molecule has 1 aliphatic heterocycles. The quantitative estimate of drug-likeness (QED) is 0.623. The van der Waals surface area contributed by atoms with Crippen LogP contribution in [-0.4, -0.2) is 23.9 Å². The lowest BCUT2D eigenvalue weighted by Gasteiger charge is -2.23. The van der Waals surface area contributed by atoms with E-state index < -0.39 is 5.60 Å². The molecular formula is C8H15NO2. The van der Waals surface area contributed by atoms with Gasteiger partial charge in [-0.15, -0.1) is 0 Å². The van der Waals surface area contributed by atoms with Gasteiger partial charge in [0.25, 0.3) is 0 Å². The second-order valence-corrected chi connectivity index (χ2v) is 3.02. The maximum absolute atomic E-state index is 9.74. The van der Waals surface area contributed by atoms with Gasteiger partial charge in [-0.2, -0.15) is 0 Å². The highest BCUT2D eigenvalue weighted by Gasteiger charge is 2.28. The summed E-state index contributed by atoms with van der Waals surface area (Å²) in [6.07, 6.45) is 3.38. The molecule has 0 amide bonds. The Morgan fingerprint density at radius 3 is 3.00 bits per heavy atom. The van der Waals surface area contributed by atoms with Crippen LogP contribution in [0.5, 0.6) is 0 Å². The van der Waals surface area contributed by atoms with Crippen LogP contribution in [0.25, 0.3) is 0 Å². The lowest BCUT2D eigenvalue weighted by atomic mass is 10.00. The van der Waals surface area contributed by atoms with Crippen LogP contribution in [0.2, 0.25) is 0 Å². The van der Waals surface area contributed by atoms with Crippen LogP contribution in [0.15, 0.2) is 11.8 Å². The molecule has 1 rings (SSSR count). The van der Waals surface area contributed by atoms with Crippen molar-refractivity contribution in [1.29, 1.82) is 0 Å². The van der Waals surface area contributed by atoms with Crippen molar-refractivity contribution in [2.75, 3.05) is 13.2 Å². The molecule has 0 bridgehead atoms. The van der Waals surface area contributed by atoms with Crippen molar-refractivity contribution in [3.63, 3.8) is 0 Å². The molecule has 0 fully saturated rings. The minimum atomic E-state index is -0.856. The van der Waals surface area contributed by atoms with E-state index >= 15 is 0 Å². The van der Waals surface area contributed by atoms with Crippen molar-refractivity contribution in [3.8, 4) is 0 Å². The Bertz CT molecular complexity index is 163. The van der Waals surface area contributed by atoms with Crippen molar-refractivity contribution >= 4 is 0 Å². The molecule has 0 aromatic rings. The van der Waals surface area contributed by atoms with E-state index in [2.05, 4.69) is 0 Å². The van der Waals surface area contributed by atoms with Gasteiger partial charge in [0.2, 0.25) is 0 Å². The monoisotopic (exact) mass is 157 g/mol. The molecule has 3 N–H and O–H groups in total. The number of rotatable bonds is 3. The number of hydrogen-bond acceptors (Lipinski definition) is 3. The van der Waals surface area contributed by atoms with E-state index in [-0.39, 0.29) is 0 Å². The van der Waals surface area contributed by atoms with Gasteiger partial charge in [0.1, 0.15) is 11.4 Å². The first-order valence-electron chi connectivity index (χ1n) is 3.93. The van der Waals surface area contributed by atoms with Gasteiger partial charge in [-0.05, 0) is 26.0 Å². The van der Waals surface area contributed by atoms with E-state index in [0.29, 0.717) is 25.3 Å². The summed E-state index contributed by atoms with van der Waals surface area (Å²) < 4.78 is 5.23. The van der Waals surface area contributed by atoms with Gasteiger partial charge in [-0.3, -0.25) is 0 Å². The highest BCUT2D eigenvalue weighted by Crippen LogP contribution is 2.25. The molecular weight excluding hydrogens is 142 g/mol. The van der Waals surface area contributed by atoms with Crippen LogP contribution in [-0.2, 0) is 4.74 Å². The van der Waals surface area contributed by atoms with E-state index in [1.165, 1.54) is 0 Å². The Balaban J connectivity index is 2.55. The van der Waals surface area contributed by atoms with Gasteiger partial charge in [0, 0.05) is 6.42 Å². The van der Waals surface area contributed by atoms with Gasteiger partial charge in [-0.25, -0.2) is 0 Å². The molecule has 1 atom stereocenters. The zero-order chi connectivity index (χ0) is 8.32. The number of hydrogen-bond donors (Lipinski definition) is 2. The third kappa shape index (κ3) is 1.94. The predicted molar refractivity (Wildman–Crippen MR) is 42.9 cm³/mol. The van der Waals surface area contributed by atoms with Crippen molar-refractivity contribution in [1.82, 2.24) is 0 Å². The molecule has 0 saturated carbocycles. The normalized spacial score (nSPS) is 22.3. The van der Waals surface area contributed by atoms with Gasteiger partial charge < -0.3 is 15.6 Å². The summed E-state index contributed by atoms with van der Waals surface area (Å²) in [5, 5.41) is 9.74. The molecule has 3 nitrogen and oxygen atoms in total. The zero-order valence-electron chi connectivity index (χ0n) is 6.84. The van der Waals surface area contributed by atoms with Crippen LogP contribution in [0.3, 0.4) is 0 Å². The van der Waals surface area contributed by atoms with E-state index in [1.54, 1.807) is 6.92 Å². The van der Waals surface area contributed by atoms with Crippen LogP contribution in [0, 0.1) is 0 Å². The fourth-order valence-corrected chi connectivity index (χ4v) is 1.20. The molecule has 0 radical (unpaired) electrons. The SMILES string of the molecule is CC(O)(CCN)C1=CCCO1. The average Bonchev–Trinajstić information content (AvgIpc) is 2.37. The average molecular weight is 157 g/mol. The van der Waals surface area contributed by atoms with Crippen LogP contribution in [0.1, 0.15) is 19.8 Å². The van der Waals surface area contributed by atoms with Crippen LogP contribution < -0.4 is 5.73 Å². The van der Waals surface area contributed by atoms with Crippen molar-refractivity contribution < 1.29 is 9.84 Å². The van der Waals surface area contributed by atoms with E-state index in [9.17, 15) is 5.11 Å². The highest BCUT2D eigenvalue weighted by atomic mass is 16.5. The first-order chi connectivity index (χ1) is 5.17. The largest absolute Gasteiger partial charge is 0.495 e. The minimum Gasteiger partial charge on any atom is -0.495 e. The summed E-state index contributed by atoms with van der Waals surface area (Å²) in [7, 11) is 0. The Morgan fingerprint density at radius 2 is 2.55 bits per heavy atom. The second-order valence-electron chi connectivity index (χ2n) is 3.02. The topological polar surface area (TPSA) is 55.5 Å². The fraction of sp³-hybridized carbons (Fsp3) is 0.750. The molecule has 0 spiro atoms. The Morgan fingerprint density at radius 1 is 1.82 bits per heavy atom. The summed E-state index contributed by atoms with van der Waals surface area (Å²) >= 11 is 0. The maximum atomic E-state index is 9.74. The molecule has 64 valence electrons. The smallest absolute Gasteiger partial charge is 0.123 e. The zero-order valence-corrected chi connectivity index (χ0v) is 6.84.